The zero-order chi connectivity index (χ0) is 18.2. The first-order valence-corrected chi connectivity index (χ1v) is 9.18. The Labute approximate surface area is 158 Å². The second kappa shape index (κ2) is 6.37. The normalized spacial score (nSPS) is 15.0. The van der Waals surface area contributed by atoms with E-state index in [0.717, 1.165) is 22.0 Å². The fourth-order valence-electron chi connectivity index (χ4n) is 2.94. The predicted octanol–water partition coefficient (Wildman–Crippen LogP) is 4.09. The Morgan fingerprint density at radius 3 is 2.78 bits per heavy atom. The van der Waals surface area contributed by atoms with Crippen molar-refractivity contribution < 1.29 is 14.3 Å². The van der Waals surface area contributed by atoms with Crippen LogP contribution in [0.25, 0.3) is 22.0 Å². The molecular weight excluding hydrogens is 362 g/mol. The summed E-state index contributed by atoms with van der Waals surface area (Å²) in [6.07, 6.45) is 2.36. The van der Waals surface area contributed by atoms with E-state index in [1.54, 1.807) is 12.4 Å². The minimum atomic E-state index is -1.04. The number of amides is 1. The van der Waals surface area contributed by atoms with Gasteiger partial charge in [0.1, 0.15) is 0 Å². The smallest absolute Gasteiger partial charge is 0.322 e. The summed E-state index contributed by atoms with van der Waals surface area (Å²) in [6.45, 7) is 0. The largest absolute Gasteiger partial charge is 0.442 e. The second-order valence-corrected chi connectivity index (χ2v) is 6.80. The van der Waals surface area contributed by atoms with Crippen LogP contribution in [0.2, 0.25) is 0 Å². The van der Waals surface area contributed by atoms with Crippen LogP contribution >= 0.6 is 11.3 Å². The van der Waals surface area contributed by atoms with Gasteiger partial charge in [-0.05, 0) is 23.6 Å². The van der Waals surface area contributed by atoms with Crippen molar-refractivity contribution in [3.63, 3.8) is 0 Å². The van der Waals surface area contributed by atoms with Crippen molar-refractivity contribution in [2.75, 3.05) is 5.32 Å². The molecule has 0 saturated carbocycles. The van der Waals surface area contributed by atoms with Gasteiger partial charge in [-0.3, -0.25) is 15.1 Å². The summed E-state index contributed by atoms with van der Waals surface area (Å²) in [5.74, 6) is 0.751. The molecule has 27 heavy (non-hydrogen) atoms. The molecular formula is C20H13N3O3S. The summed E-state index contributed by atoms with van der Waals surface area (Å²) in [4.78, 5) is 21.0. The van der Waals surface area contributed by atoms with Gasteiger partial charge in [0.15, 0.2) is 16.6 Å². The third-order valence-corrected chi connectivity index (χ3v) is 4.98. The number of thiazole rings is 1. The average Bonchev–Trinajstić information content (AvgIpc) is 3.36. The maximum atomic E-state index is 12.6. The molecule has 1 N–H and O–H groups in total. The highest BCUT2D eigenvalue weighted by molar-refractivity contribution is 7.14. The molecule has 4 aromatic rings. The summed E-state index contributed by atoms with van der Waals surface area (Å²) in [5, 5.41) is 7.07. The van der Waals surface area contributed by atoms with Gasteiger partial charge in [-0.1, -0.05) is 30.3 Å². The lowest BCUT2D eigenvalue weighted by Gasteiger charge is -2.09. The van der Waals surface area contributed by atoms with E-state index < -0.39 is 12.2 Å². The number of hydrogen-bond acceptors (Lipinski definition) is 6. The third-order valence-electron chi connectivity index (χ3n) is 4.23. The molecule has 1 amide bonds. The highest BCUT2D eigenvalue weighted by Crippen LogP contribution is 2.41. The number of pyridine rings is 1. The minimum absolute atomic E-state index is 0.397. The molecule has 1 aliphatic heterocycles. The third kappa shape index (κ3) is 2.88. The number of carbonyl (C=O) groups excluding carboxylic acids is 1. The van der Waals surface area contributed by atoms with E-state index in [-0.39, 0.29) is 0 Å². The van der Waals surface area contributed by atoms with Gasteiger partial charge in [-0.15, -0.1) is 11.3 Å². The van der Waals surface area contributed by atoms with Crippen LogP contribution in [-0.2, 0) is 4.79 Å². The molecule has 3 heterocycles. The molecule has 0 radical (unpaired) electrons. The van der Waals surface area contributed by atoms with Crippen molar-refractivity contribution in [1.29, 1.82) is 0 Å². The van der Waals surface area contributed by atoms with Crippen molar-refractivity contribution in [1.82, 2.24) is 9.97 Å². The number of ether oxygens (including phenoxy) is 2. The van der Waals surface area contributed by atoms with Crippen LogP contribution in [-0.4, -0.2) is 22.2 Å². The van der Waals surface area contributed by atoms with Gasteiger partial charge in [-0.2, -0.15) is 0 Å². The van der Waals surface area contributed by atoms with Crippen molar-refractivity contribution in [2.45, 2.75) is 6.29 Å². The van der Waals surface area contributed by atoms with E-state index in [9.17, 15) is 4.79 Å². The summed E-state index contributed by atoms with van der Waals surface area (Å²) in [7, 11) is 0. The lowest BCUT2D eigenvalue weighted by atomic mass is 10.1. The molecule has 5 rings (SSSR count). The monoisotopic (exact) mass is 375 g/mol. The standard InChI is InChI=1S/C20H13N3O3S/c24-18(23-20-22-15(11-27-20)13-7-9-21-10-8-13)19-25-16-6-5-12-3-1-2-4-14(12)17(16)26-19/h1-11,19H,(H,22,23,24). The first kappa shape index (κ1) is 15.8. The number of anilines is 1. The quantitative estimate of drug-likeness (QED) is 0.584. The molecule has 132 valence electrons. The number of carbonyl (C=O) groups is 1. The molecule has 2 aromatic carbocycles. The molecule has 0 spiro atoms. The lowest BCUT2D eigenvalue weighted by Crippen LogP contribution is -2.34. The zero-order valence-corrected chi connectivity index (χ0v) is 14.8. The maximum Gasteiger partial charge on any atom is 0.322 e. The number of rotatable bonds is 3. The molecule has 1 aliphatic rings. The highest BCUT2D eigenvalue weighted by atomic mass is 32.1. The van der Waals surface area contributed by atoms with Crippen LogP contribution in [0.5, 0.6) is 11.5 Å². The van der Waals surface area contributed by atoms with Crippen molar-refractivity contribution in [2.24, 2.45) is 0 Å². The van der Waals surface area contributed by atoms with Crippen LogP contribution in [0.15, 0.2) is 66.3 Å². The number of nitrogens with one attached hydrogen (secondary N) is 1. The number of aromatic nitrogens is 2. The van der Waals surface area contributed by atoms with E-state index in [4.69, 9.17) is 9.47 Å². The highest BCUT2D eigenvalue weighted by Gasteiger charge is 2.32. The summed E-state index contributed by atoms with van der Waals surface area (Å²) in [5.41, 5.74) is 1.72. The number of fused-ring (bicyclic) bond motifs is 3. The molecule has 0 fully saturated rings. The Kier molecular flexibility index (Phi) is 3.72. The molecule has 2 aromatic heterocycles. The van der Waals surface area contributed by atoms with E-state index in [2.05, 4.69) is 15.3 Å². The number of nitrogens with zero attached hydrogens (tertiary/aromatic N) is 2. The van der Waals surface area contributed by atoms with Gasteiger partial charge in [-0.25, -0.2) is 4.98 Å². The molecule has 7 heteroatoms. The Bertz CT molecular complexity index is 1140. The summed E-state index contributed by atoms with van der Waals surface area (Å²) >= 11 is 1.34. The molecule has 6 nitrogen and oxygen atoms in total. The van der Waals surface area contributed by atoms with Gasteiger partial charge in [0, 0.05) is 28.7 Å². The fourth-order valence-corrected chi connectivity index (χ4v) is 3.66. The van der Waals surface area contributed by atoms with Crippen molar-refractivity contribution >= 4 is 33.1 Å². The lowest BCUT2D eigenvalue weighted by molar-refractivity contribution is -0.131. The summed E-state index contributed by atoms with van der Waals surface area (Å²) < 4.78 is 11.5. The fraction of sp³-hybridized carbons (Fsp3) is 0.0500. The zero-order valence-electron chi connectivity index (χ0n) is 14.0. The van der Waals surface area contributed by atoms with E-state index >= 15 is 0 Å². The second-order valence-electron chi connectivity index (χ2n) is 5.94. The first-order chi connectivity index (χ1) is 13.3. The minimum Gasteiger partial charge on any atom is -0.442 e. The molecule has 1 atom stereocenters. The van der Waals surface area contributed by atoms with E-state index in [1.165, 1.54) is 11.3 Å². The van der Waals surface area contributed by atoms with Crippen molar-refractivity contribution in [3.8, 4) is 22.8 Å². The molecule has 0 bridgehead atoms. The van der Waals surface area contributed by atoms with Crippen LogP contribution in [0, 0.1) is 0 Å². The number of benzene rings is 2. The van der Waals surface area contributed by atoms with E-state index in [1.807, 2.05) is 53.9 Å². The first-order valence-electron chi connectivity index (χ1n) is 8.30. The van der Waals surface area contributed by atoms with Gasteiger partial charge in [0.2, 0.25) is 0 Å². The maximum absolute atomic E-state index is 12.6. The van der Waals surface area contributed by atoms with Crippen LogP contribution in [0.1, 0.15) is 0 Å². The predicted molar refractivity (Wildman–Crippen MR) is 103 cm³/mol. The Morgan fingerprint density at radius 1 is 1.04 bits per heavy atom. The average molecular weight is 375 g/mol. The van der Waals surface area contributed by atoms with Gasteiger partial charge >= 0.3 is 12.2 Å². The topological polar surface area (TPSA) is 73.3 Å². The van der Waals surface area contributed by atoms with Crippen LogP contribution < -0.4 is 14.8 Å². The number of hydrogen-bond donors (Lipinski definition) is 1. The molecule has 0 saturated heterocycles. The van der Waals surface area contributed by atoms with Gasteiger partial charge in [0.05, 0.1) is 5.69 Å². The van der Waals surface area contributed by atoms with Gasteiger partial charge < -0.3 is 9.47 Å². The Balaban J connectivity index is 1.34. The van der Waals surface area contributed by atoms with Crippen LogP contribution in [0.3, 0.4) is 0 Å². The van der Waals surface area contributed by atoms with Gasteiger partial charge in [0.25, 0.3) is 0 Å². The van der Waals surface area contributed by atoms with E-state index in [0.29, 0.717) is 16.6 Å². The summed E-state index contributed by atoms with van der Waals surface area (Å²) in [6, 6.07) is 15.3. The van der Waals surface area contributed by atoms with Crippen LogP contribution in [0.4, 0.5) is 5.13 Å². The Morgan fingerprint density at radius 2 is 1.89 bits per heavy atom. The molecule has 0 aliphatic carbocycles. The SMILES string of the molecule is O=C(Nc1nc(-c2ccncc2)cs1)C1Oc2ccc3ccccc3c2O1. The molecule has 1 unspecified atom stereocenters. The Hall–Kier alpha value is -3.45. The van der Waals surface area contributed by atoms with Crippen molar-refractivity contribution in [3.05, 3.63) is 66.3 Å².